The van der Waals surface area contributed by atoms with Gasteiger partial charge in [-0.2, -0.15) is 0 Å². The van der Waals surface area contributed by atoms with Crippen LogP contribution in [0.5, 0.6) is 0 Å². The van der Waals surface area contributed by atoms with E-state index in [9.17, 15) is 9.90 Å². The highest BCUT2D eigenvalue weighted by Crippen LogP contribution is 2.19. The summed E-state index contributed by atoms with van der Waals surface area (Å²) in [6, 6.07) is 9.58. The van der Waals surface area contributed by atoms with Crippen LogP contribution in [0, 0.1) is 0 Å². The average Bonchev–Trinajstić information content (AvgIpc) is 2.55. The maximum absolute atomic E-state index is 11.7. The molecule has 0 unspecified atom stereocenters. The SMILES string of the molecule is O=C(NCCC1=CCCCC1)NC[C@H](O)Cc1ccccc1. The average molecular weight is 302 g/mol. The Kier molecular flexibility index (Phi) is 6.97. The first-order chi connectivity index (χ1) is 10.7. The standard InChI is InChI=1S/C18H26N2O2/c21-17(13-16-9-5-2-6-10-16)14-20-18(22)19-12-11-15-7-3-1-4-8-15/h2,5-7,9-10,17,21H,1,3-4,8,11-14H2,(H2,19,20,22)/t17-/m1/s1. The highest BCUT2D eigenvalue weighted by molar-refractivity contribution is 5.73. The molecule has 1 aliphatic rings. The predicted molar refractivity (Wildman–Crippen MR) is 88.7 cm³/mol. The van der Waals surface area contributed by atoms with E-state index >= 15 is 0 Å². The van der Waals surface area contributed by atoms with E-state index in [1.54, 1.807) is 0 Å². The molecule has 0 aliphatic heterocycles. The van der Waals surface area contributed by atoms with Gasteiger partial charge in [-0.3, -0.25) is 0 Å². The van der Waals surface area contributed by atoms with E-state index in [1.807, 2.05) is 30.3 Å². The molecule has 0 heterocycles. The number of rotatable bonds is 7. The largest absolute Gasteiger partial charge is 0.391 e. The number of hydrogen-bond acceptors (Lipinski definition) is 2. The summed E-state index contributed by atoms with van der Waals surface area (Å²) in [6.07, 6.45) is 8.11. The van der Waals surface area contributed by atoms with Gasteiger partial charge < -0.3 is 15.7 Å². The minimum atomic E-state index is -0.561. The van der Waals surface area contributed by atoms with Crippen molar-refractivity contribution in [3.05, 3.63) is 47.5 Å². The Labute approximate surface area is 132 Å². The third kappa shape index (κ3) is 6.31. The van der Waals surface area contributed by atoms with Crippen LogP contribution < -0.4 is 10.6 Å². The van der Waals surface area contributed by atoms with E-state index in [-0.39, 0.29) is 12.6 Å². The minimum Gasteiger partial charge on any atom is -0.391 e. The zero-order valence-electron chi connectivity index (χ0n) is 13.1. The molecule has 0 saturated carbocycles. The summed E-state index contributed by atoms with van der Waals surface area (Å²) in [5, 5.41) is 15.5. The van der Waals surface area contributed by atoms with E-state index in [2.05, 4.69) is 16.7 Å². The predicted octanol–water partition coefficient (Wildman–Crippen LogP) is 2.78. The quantitative estimate of drug-likeness (QED) is 0.678. The Bertz CT molecular complexity index is 485. The second-order valence-electron chi connectivity index (χ2n) is 5.84. The maximum Gasteiger partial charge on any atom is 0.314 e. The highest BCUT2D eigenvalue weighted by Gasteiger charge is 2.08. The molecule has 3 N–H and O–H groups in total. The molecule has 4 nitrogen and oxygen atoms in total. The normalized spacial score (nSPS) is 15.8. The van der Waals surface area contributed by atoms with E-state index in [1.165, 1.54) is 31.3 Å². The summed E-state index contributed by atoms with van der Waals surface area (Å²) in [6.45, 7) is 0.926. The first-order valence-corrected chi connectivity index (χ1v) is 8.15. The summed E-state index contributed by atoms with van der Waals surface area (Å²) in [4.78, 5) is 11.7. The summed E-state index contributed by atoms with van der Waals surface area (Å²) < 4.78 is 0. The van der Waals surface area contributed by atoms with E-state index in [0.717, 1.165) is 12.0 Å². The van der Waals surface area contributed by atoms with Crippen LogP contribution in [-0.2, 0) is 6.42 Å². The molecule has 1 aromatic carbocycles. The number of carbonyl (C=O) groups excluding carboxylic acids is 1. The van der Waals surface area contributed by atoms with Gasteiger partial charge in [-0.05, 0) is 37.7 Å². The fourth-order valence-electron chi connectivity index (χ4n) is 2.70. The molecular formula is C18H26N2O2. The first-order valence-electron chi connectivity index (χ1n) is 8.15. The maximum atomic E-state index is 11.7. The van der Waals surface area contributed by atoms with Gasteiger partial charge >= 0.3 is 6.03 Å². The van der Waals surface area contributed by atoms with Crippen LogP contribution in [0.1, 0.15) is 37.7 Å². The smallest absolute Gasteiger partial charge is 0.314 e. The van der Waals surface area contributed by atoms with Crippen molar-refractivity contribution < 1.29 is 9.90 Å². The van der Waals surface area contributed by atoms with Gasteiger partial charge in [-0.15, -0.1) is 0 Å². The van der Waals surface area contributed by atoms with Crippen molar-refractivity contribution in [2.75, 3.05) is 13.1 Å². The highest BCUT2D eigenvalue weighted by atomic mass is 16.3. The van der Waals surface area contributed by atoms with Gasteiger partial charge in [0.15, 0.2) is 0 Å². The molecule has 120 valence electrons. The van der Waals surface area contributed by atoms with E-state index in [4.69, 9.17) is 0 Å². The van der Waals surface area contributed by atoms with Crippen molar-refractivity contribution in [2.45, 2.75) is 44.6 Å². The Morgan fingerprint density at radius 2 is 2.00 bits per heavy atom. The lowest BCUT2D eigenvalue weighted by Gasteiger charge is -2.14. The van der Waals surface area contributed by atoms with Gasteiger partial charge in [0.1, 0.15) is 0 Å². The number of amides is 2. The van der Waals surface area contributed by atoms with Gasteiger partial charge in [0, 0.05) is 19.5 Å². The van der Waals surface area contributed by atoms with Crippen molar-refractivity contribution >= 4 is 6.03 Å². The topological polar surface area (TPSA) is 61.4 Å². The second kappa shape index (κ2) is 9.26. The lowest BCUT2D eigenvalue weighted by atomic mass is 9.97. The molecular weight excluding hydrogens is 276 g/mol. The number of nitrogens with one attached hydrogen (secondary N) is 2. The zero-order valence-corrected chi connectivity index (χ0v) is 13.1. The molecule has 0 saturated heterocycles. The molecule has 2 rings (SSSR count). The van der Waals surface area contributed by atoms with E-state index < -0.39 is 6.10 Å². The third-order valence-corrected chi connectivity index (χ3v) is 3.93. The molecule has 0 aromatic heterocycles. The monoisotopic (exact) mass is 302 g/mol. The van der Waals surface area contributed by atoms with E-state index in [0.29, 0.717) is 13.0 Å². The molecule has 1 aromatic rings. The van der Waals surface area contributed by atoms with Crippen LogP contribution in [0.3, 0.4) is 0 Å². The molecule has 1 aliphatic carbocycles. The number of urea groups is 1. The van der Waals surface area contributed by atoms with Gasteiger partial charge in [0.2, 0.25) is 0 Å². The Morgan fingerprint density at radius 3 is 2.73 bits per heavy atom. The van der Waals surface area contributed by atoms with Gasteiger partial charge in [-0.1, -0.05) is 42.0 Å². The summed E-state index contributed by atoms with van der Waals surface area (Å²) in [7, 11) is 0. The number of aliphatic hydroxyl groups is 1. The fraction of sp³-hybridized carbons (Fsp3) is 0.500. The number of benzene rings is 1. The van der Waals surface area contributed by atoms with Gasteiger partial charge in [-0.25, -0.2) is 4.79 Å². The molecule has 2 amide bonds. The number of aliphatic hydroxyl groups excluding tert-OH is 1. The van der Waals surface area contributed by atoms with Crippen LogP contribution in [0.2, 0.25) is 0 Å². The molecule has 1 atom stereocenters. The van der Waals surface area contributed by atoms with Crippen LogP contribution in [-0.4, -0.2) is 30.3 Å². The second-order valence-corrected chi connectivity index (χ2v) is 5.84. The number of allylic oxidation sites excluding steroid dienone is 1. The molecule has 0 fully saturated rings. The zero-order chi connectivity index (χ0) is 15.6. The van der Waals surface area contributed by atoms with Crippen molar-refractivity contribution in [3.63, 3.8) is 0 Å². The first kappa shape index (κ1) is 16.6. The van der Waals surface area contributed by atoms with Crippen LogP contribution >= 0.6 is 0 Å². The molecule has 4 heteroatoms. The molecule has 0 bridgehead atoms. The lowest BCUT2D eigenvalue weighted by Crippen LogP contribution is -2.40. The number of hydrogen-bond donors (Lipinski definition) is 3. The van der Waals surface area contributed by atoms with Crippen LogP contribution in [0.15, 0.2) is 42.0 Å². The third-order valence-electron chi connectivity index (χ3n) is 3.93. The van der Waals surface area contributed by atoms with Crippen molar-refractivity contribution in [1.29, 1.82) is 0 Å². The molecule has 0 radical (unpaired) electrons. The van der Waals surface area contributed by atoms with Crippen molar-refractivity contribution in [3.8, 4) is 0 Å². The fourth-order valence-corrected chi connectivity index (χ4v) is 2.70. The van der Waals surface area contributed by atoms with Gasteiger partial charge in [0.05, 0.1) is 6.10 Å². The Morgan fingerprint density at radius 1 is 1.18 bits per heavy atom. The molecule has 22 heavy (non-hydrogen) atoms. The summed E-state index contributed by atoms with van der Waals surface area (Å²) in [5.41, 5.74) is 2.53. The number of carbonyl (C=O) groups is 1. The Balaban J connectivity index is 1.58. The van der Waals surface area contributed by atoms with Crippen molar-refractivity contribution in [1.82, 2.24) is 10.6 Å². The van der Waals surface area contributed by atoms with Gasteiger partial charge in [0.25, 0.3) is 0 Å². The minimum absolute atomic E-state index is 0.205. The van der Waals surface area contributed by atoms with Crippen LogP contribution in [0.25, 0.3) is 0 Å². The summed E-state index contributed by atoms with van der Waals surface area (Å²) in [5.74, 6) is 0. The van der Waals surface area contributed by atoms with Crippen LogP contribution in [0.4, 0.5) is 4.79 Å². The summed E-state index contributed by atoms with van der Waals surface area (Å²) >= 11 is 0. The Hall–Kier alpha value is -1.81. The van der Waals surface area contributed by atoms with Crippen molar-refractivity contribution in [2.24, 2.45) is 0 Å². The molecule has 0 spiro atoms. The lowest BCUT2D eigenvalue weighted by molar-refractivity contribution is 0.170.